The van der Waals surface area contributed by atoms with E-state index in [1.54, 1.807) is 12.4 Å². The Balaban J connectivity index is 0.000000142. The highest BCUT2D eigenvalue weighted by molar-refractivity contribution is 5.75. The van der Waals surface area contributed by atoms with Crippen molar-refractivity contribution in [3.63, 3.8) is 0 Å². The molecule has 0 spiro atoms. The number of nitrogens with one attached hydrogen (secondary N) is 2. The molecule has 0 bridgehead atoms. The normalized spacial score (nSPS) is 21.0. The van der Waals surface area contributed by atoms with Gasteiger partial charge in [-0.3, -0.25) is 18.6 Å². The Morgan fingerprint density at radius 3 is 1.39 bits per heavy atom. The molecule has 2 aliphatic rings. The summed E-state index contributed by atoms with van der Waals surface area (Å²) in [6.45, 7) is 15.4. The second-order valence-corrected chi connectivity index (χ2v) is 15.8. The lowest BCUT2D eigenvalue weighted by molar-refractivity contribution is 0.296. The average Bonchev–Trinajstić information content (AvgIpc) is 4.03. The van der Waals surface area contributed by atoms with Crippen LogP contribution in [0.15, 0.2) is 97.6 Å². The van der Waals surface area contributed by atoms with Gasteiger partial charge in [-0.1, -0.05) is 88.4 Å². The predicted octanol–water partition coefficient (Wildman–Crippen LogP) is 6.95. The number of nitrogens with zero attached hydrogens (tertiary/aromatic N) is 10. The highest BCUT2D eigenvalue weighted by atomic mass is 15.3. The molecule has 2 N–H and O–H groups in total. The first kappa shape index (κ1) is 34.3. The second kappa shape index (κ2) is 14.4. The van der Waals surface area contributed by atoms with Crippen molar-refractivity contribution in [3.05, 3.63) is 120 Å². The number of fused-ring (bicyclic) bond motifs is 6. The molecule has 12 heteroatoms. The van der Waals surface area contributed by atoms with E-state index in [-0.39, 0.29) is 0 Å². The highest BCUT2D eigenvalue weighted by Crippen LogP contribution is 2.39. The molecule has 54 heavy (non-hydrogen) atoms. The minimum absolute atomic E-state index is 0.365. The first-order valence-corrected chi connectivity index (χ1v) is 19.3. The number of H-pyrrole nitrogens is 2. The van der Waals surface area contributed by atoms with E-state index >= 15 is 0 Å². The first-order chi connectivity index (χ1) is 26.4. The summed E-state index contributed by atoms with van der Waals surface area (Å²) < 4.78 is 4.37. The summed E-state index contributed by atoms with van der Waals surface area (Å²) in [7, 11) is 0. The van der Waals surface area contributed by atoms with Crippen LogP contribution in [0.4, 0.5) is 0 Å². The summed E-state index contributed by atoms with van der Waals surface area (Å²) in [6.07, 6.45) is 7.46. The molecule has 276 valence electrons. The summed E-state index contributed by atoms with van der Waals surface area (Å²) in [6, 6.07) is 25.6. The molecule has 4 atom stereocenters. The standard InChI is InChI=1S/2C21H24N6/c2*1-14(2)16-12-26(11-15-6-4-3-5-7-15)13-17(16)21-25-24-19-10-23-20-18(27(19)21)8-9-22-20/h2*3-10,14,16-17,22H,11-13H2,1-2H3/t2*16-,17-/m10/s1. The Bertz CT molecular complexity index is 2300. The van der Waals surface area contributed by atoms with Gasteiger partial charge in [0.05, 0.1) is 23.4 Å². The van der Waals surface area contributed by atoms with Crippen LogP contribution in [-0.4, -0.2) is 85.1 Å². The van der Waals surface area contributed by atoms with Gasteiger partial charge in [-0.05, 0) is 46.9 Å². The molecule has 6 aromatic heterocycles. The van der Waals surface area contributed by atoms with Crippen LogP contribution in [0.1, 0.15) is 62.3 Å². The molecule has 0 amide bonds. The van der Waals surface area contributed by atoms with Crippen molar-refractivity contribution < 1.29 is 0 Å². The van der Waals surface area contributed by atoms with E-state index in [2.05, 4.69) is 159 Å². The van der Waals surface area contributed by atoms with Gasteiger partial charge in [0.25, 0.3) is 0 Å². The Morgan fingerprint density at radius 2 is 0.981 bits per heavy atom. The highest BCUT2D eigenvalue weighted by Gasteiger charge is 2.40. The minimum atomic E-state index is 0.365. The lowest BCUT2D eigenvalue weighted by Crippen LogP contribution is -2.21. The van der Waals surface area contributed by atoms with E-state index in [0.717, 1.165) is 84.5 Å². The van der Waals surface area contributed by atoms with Crippen molar-refractivity contribution in [1.82, 2.24) is 58.9 Å². The van der Waals surface area contributed by atoms with Gasteiger partial charge in [0.1, 0.15) is 11.6 Å². The predicted molar refractivity (Wildman–Crippen MR) is 211 cm³/mol. The summed E-state index contributed by atoms with van der Waals surface area (Å²) in [4.78, 5) is 20.4. The Morgan fingerprint density at radius 1 is 0.556 bits per heavy atom. The maximum Gasteiger partial charge on any atom is 0.179 e. The van der Waals surface area contributed by atoms with E-state index in [1.807, 2.05) is 12.4 Å². The van der Waals surface area contributed by atoms with Crippen LogP contribution in [0.5, 0.6) is 0 Å². The second-order valence-electron chi connectivity index (χ2n) is 15.8. The molecule has 12 nitrogen and oxygen atoms in total. The minimum Gasteiger partial charge on any atom is -0.345 e. The third-order valence-electron chi connectivity index (χ3n) is 11.7. The zero-order valence-electron chi connectivity index (χ0n) is 31.4. The Kier molecular flexibility index (Phi) is 9.16. The van der Waals surface area contributed by atoms with E-state index < -0.39 is 0 Å². The van der Waals surface area contributed by atoms with E-state index in [0.29, 0.717) is 35.5 Å². The molecule has 0 aliphatic carbocycles. The molecule has 2 aromatic carbocycles. The van der Waals surface area contributed by atoms with Gasteiger partial charge < -0.3 is 9.97 Å². The fourth-order valence-corrected chi connectivity index (χ4v) is 8.94. The zero-order chi connectivity index (χ0) is 36.8. The van der Waals surface area contributed by atoms with Crippen LogP contribution in [0.25, 0.3) is 33.6 Å². The summed E-state index contributed by atoms with van der Waals surface area (Å²) >= 11 is 0. The largest absolute Gasteiger partial charge is 0.345 e. The Hall–Kier alpha value is -5.46. The molecule has 2 saturated heterocycles. The van der Waals surface area contributed by atoms with Gasteiger partial charge in [0.15, 0.2) is 22.6 Å². The monoisotopic (exact) mass is 720 g/mol. The van der Waals surface area contributed by atoms with Crippen LogP contribution < -0.4 is 0 Å². The molecule has 10 rings (SSSR count). The van der Waals surface area contributed by atoms with Gasteiger partial charge in [-0.15, -0.1) is 20.4 Å². The lowest BCUT2D eigenvalue weighted by Gasteiger charge is -2.20. The fourth-order valence-electron chi connectivity index (χ4n) is 8.94. The molecule has 8 heterocycles. The molecule has 0 saturated carbocycles. The molecule has 8 aromatic rings. The molecule has 2 aliphatic heterocycles. The average molecular weight is 721 g/mol. The molecule has 0 unspecified atom stereocenters. The fraction of sp³-hybridized carbons (Fsp3) is 0.381. The van der Waals surface area contributed by atoms with Crippen molar-refractivity contribution >= 4 is 33.6 Å². The molecule has 0 radical (unpaired) electrons. The van der Waals surface area contributed by atoms with Gasteiger partial charge in [0.2, 0.25) is 0 Å². The van der Waals surface area contributed by atoms with E-state index in [4.69, 9.17) is 0 Å². The zero-order valence-corrected chi connectivity index (χ0v) is 31.4. The SMILES string of the molecule is CC(C)[C@@H]1CN(Cc2ccccc2)C[C@@H]1c1nnc2cnc3[nH]ccc3n12.CC(C)[C@H]1CN(Cc2ccccc2)C[C@H]1c1nnc2cnc3[nH]ccc3n12. The van der Waals surface area contributed by atoms with E-state index in [1.165, 1.54) is 11.1 Å². The number of hydrogen-bond acceptors (Lipinski definition) is 8. The molecule has 2 fully saturated rings. The summed E-state index contributed by atoms with van der Waals surface area (Å²) in [5, 5.41) is 18.1. The number of aromatic amines is 2. The van der Waals surface area contributed by atoms with Crippen LogP contribution in [0.3, 0.4) is 0 Å². The van der Waals surface area contributed by atoms with Gasteiger partial charge in [0, 0.05) is 63.5 Å². The number of rotatable bonds is 8. The smallest absolute Gasteiger partial charge is 0.179 e. The number of benzene rings is 2. The van der Waals surface area contributed by atoms with Crippen LogP contribution in [0, 0.1) is 23.7 Å². The Labute approximate surface area is 314 Å². The van der Waals surface area contributed by atoms with E-state index in [9.17, 15) is 0 Å². The van der Waals surface area contributed by atoms with Crippen LogP contribution in [-0.2, 0) is 13.1 Å². The first-order valence-electron chi connectivity index (χ1n) is 19.3. The lowest BCUT2D eigenvalue weighted by atomic mass is 9.85. The van der Waals surface area contributed by atoms with Crippen molar-refractivity contribution in [2.45, 2.75) is 52.6 Å². The van der Waals surface area contributed by atoms with Crippen molar-refractivity contribution in [2.24, 2.45) is 23.7 Å². The summed E-state index contributed by atoms with van der Waals surface area (Å²) in [5.74, 6) is 5.15. The number of likely N-dealkylation sites (tertiary alicyclic amines) is 2. The van der Waals surface area contributed by atoms with Gasteiger partial charge >= 0.3 is 0 Å². The summed E-state index contributed by atoms with van der Waals surface area (Å²) in [5.41, 5.74) is 8.23. The maximum absolute atomic E-state index is 4.61. The topological polar surface area (TPSA) is 124 Å². The van der Waals surface area contributed by atoms with Crippen LogP contribution in [0.2, 0.25) is 0 Å². The third kappa shape index (κ3) is 6.43. The third-order valence-corrected chi connectivity index (χ3v) is 11.7. The number of hydrogen-bond donors (Lipinski definition) is 2. The number of aromatic nitrogens is 10. The van der Waals surface area contributed by atoms with Crippen molar-refractivity contribution in [2.75, 3.05) is 26.2 Å². The van der Waals surface area contributed by atoms with Crippen molar-refractivity contribution in [1.29, 1.82) is 0 Å². The maximum atomic E-state index is 4.61. The van der Waals surface area contributed by atoms with Gasteiger partial charge in [-0.2, -0.15) is 0 Å². The van der Waals surface area contributed by atoms with Gasteiger partial charge in [-0.25, -0.2) is 9.97 Å². The van der Waals surface area contributed by atoms with Crippen molar-refractivity contribution in [3.8, 4) is 0 Å². The molecular weight excluding hydrogens is 673 g/mol. The van der Waals surface area contributed by atoms with Crippen LogP contribution >= 0.6 is 0 Å². The molecular formula is C42H48N12. The quantitative estimate of drug-likeness (QED) is 0.173.